The molecule has 4 heteroatoms. The Morgan fingerprint density at radius 1 is 1.17 bits per heavy atom. The molecule has 0 fully saturated rings. The highest BCUT2D eigenvalue weighted by molar-refractivity contribution is 6.30. The van der Waals surface area contributed by atoms with Crippen LogP contribution in [-0.4, -0.2) is 13.3 Å². The van der Waals surface area contributed by atoms with Crippen molar-refractivity contribution < 1.29 is 4.74 Å². The van der Waals surface area contributed by atoms with Crippen LogP contribution in [0.4, 0.5) is 5.69 Å². The predicted octanol–water partition coefficient (Wildman–Crippen LogP) is 3.79. The second-order valence-electron chi connectivity index (χ2n) is 3.65. The zero-order valence-electron chi connectivity index (χ0n) is 9.93. The van der Waals surface area contributed by atoms with Crippen LogP contribution in [-0.2, 0) is 0 Å². The van der Waals surface area contributed by atoms with Gasteiger partial charge in [-0.2, -0.15) is 5.10 Å². The number of nitrogens with one attached hydrogen (secondary N) is 1. The van der Waals surface area contributed by atoms with E-state index in [4.69, 9.17) is 16.3 Å². The summed E-state index contributed by atoms with van der Waals surface area (Å²) in [6.45, 7) is 0. The zero-order valence-corrected chi connectivity index (χ0v) is 10.7. The van der Waals surface area contributed by atoms with Crippen molar-refractivity contribution in [2.75, 3.05) is 12.5 Å². The Labute approximate surface area is 111 Å². The number of nitrogens with zero attached hydrogens (tertiary/aromatic N) is 1. The number of ether oxygens (including phenoxy) is 1. The molecule has 0 amide bonds. The minimum absolute atomic E-state index is 0.680. The standard InChI is InChI=1S/C14H13ClN2O/c1-18-14-7-5-11(6-8-14)10-16-17-13-4-2-3-12(15)9-13/h2-10,17H,1H3/b16-10-. The molecule has 1 N–H and O–H groups in total. The smallest absolute Gasteiger partial charge is 0.118 e. The van der Waals surface area contributed by atoms with E-state index in [1.807, 2.05) is 48.5 Å². The van der Waals surface area contributed by atoms with E-state index in [1.54, 1.807) is 13.3 Å². The predicted molar refractivity (Wildman–Crippen MR) is 75.7 cm³/mol. The average Bonchev–Trinajstić information content (AvgIpc) is 2.40. The average molecular weight is 261 g/mol. The fourth-order valence-corrected chi connectivity index (χ4v) is 1.62. The van der Waals surface area contributed by atoms with Gasteiger partial charge in [-0.05, 0) is 48.0 Å². The first-order chi connectivity index (χ1) is 8.78. The molecule has 0 saturated carbocycles. The molecule has 0 aliphatic rings. The fourth-order valence-electron chi connectivity index (χ4n) is 1.43. The van der Waals surface area contributed by atoms with Crippen LogP contribution in [0, 0.1) is 0 Å². The van der Waals surface area contributed by atoms with Crippen molar-refractivity contribution in [2.24, 2.45) is 5.10 Å². The maximum absolute atomic E-state index is 5.87. The Morgan fingerprint density at radius 2 is 1.94 bits per heavy atom. The van der Waals surface area contributed by atoms with Gasteiger partial charge >= 0.3 is 0 Å². The Morgan fingerprint density at radius 3 is 2.61 bits per heavy atom. The minimum atomic E-state index is 0.680. The lowest BCUT2D eigenvalue weighted by Crippen LogP contribution is -1.90. The maximum atomic E-state index is 5.87. The molecule has 2 rings (SSSR count). The summed E-state index contributed by atoms with van der Waals surface area (Å²) in [7, 11) is 1.64. The molecule has 3 nitrogen and oxygen atoms in total. The van der Waals surface area contributed by atoms with Crippen LogP contribution in [0.15, 0.2) is 53.6 Å². The van der Waals surface area contributed by atoms with Gasteiger partial charge in [-0.1, -0.05) is 17.7 Å². The number of hydrogen-bond donors (Lipinski definition) is 1. The van der Waals surface area contributed by atoms with E-state index in [2.05, 4.69) is 10.5 Å². The molecule has 18 heavy (non-hydrogen) atoms. The molecule has 0 radical (unpaired) electrons. The van der Waals surface area contributed by atoms with E-state index < -0.39 is 0 Å². The molecule has 0 heterocycles. The van der Waals surface area contributed by atoms with Crippen molar-refractivity contribution in [3.8, 4) is 5.75 Å². The lowest BCUT2D eigenvalue weighted by atomic mass is 10.2. The first-order valence-electron chi connectivity index (χ1n) is 5.46. The normalized spacial score (nSPS) is 10.6. The molecule has 2 aromatic rings. The van der Waals surface area contributed by atoms with E-state index in [0.717, 1.165) is 17.0 Å². The summed E-state index contributed by atoms with van der Waals surface area (Å²) in [5.41, 5.74) is 4.76. The lowest BCUT2D eigenvalue weighted by Gasteiger charge is -2.01. The van der Waals surface area contributed by atoms with Crippen LogP contribution in [0.1, 0.15) is 5.56 Å². The quantitative estimate of drug-likeness (QED) is 0.670. The van der Waals surface area contributed by atoms with Crippen LogP contribution in [0.2, 0.25) is 5.02 Å². The number of anilines is 1. The minimum Gasteiger partial charge on any atom is -0.497 e. The topological polar surface area (TPSA) is 33.6 Å². The third-order valence-electron chi connectivity index (χ3n) is 2.35. The summed E-state index contributed by atoms with van der Waals surface area (Å²) in [5, 5.41) is 4.81. The van der Waals surface area contributed by atoms with Crippen molar-refractivity contribution >= 4 is 23.5 Å². The van der Waals surface area contributed by atoms with Crippen LogP contribution in [0.3, 0.4) is 0 Å². The first kappa shape index (κ1) is 12.5. The van der Waals surface area contributed by atoms with E-state index in [1.165, 1.54) is 0 Å². The Balaban J connectivity index is 1.98. The van der Waals surface area contributed by atoms with Crippen LogP contribution >= 0.6 is 11.6 Å². The summed E-state index contributed by atoms with van der Waals surface area (Å²) in [4.78, 5) is 0. The van der Waals surface area contributed by atoms with Crippen molar-refractivity contribution in [2.45, 2.75) is 0 Å². The molecule has 2 aromatic carbocycles. The molecule has 0 aliphatic heterocycles. The van der Waals surface area contributed by atoms with Crippen LogP contribution in [0.25, 0.3) is 0 Å². The zero-order chi connectivity index (χ0) is 12.8. The van der Waals surface area contributed by atoms with E-state index in [0.29, 0.717) is 5.02 Å². The molecule has 0 aromatic heterocycles. The van der Waals surface area contributed by atoms with Gasteiger partial charge in [0.05, 0.1) is 19.0 Å². The van der Waals surface area contributed by atoms with Crippen molar-refractivity contribution in [3.63, 3.8) is 0 Å². The Hall–Kier alpha value is -2.00. The summed E-state index contributed by atoms with van der Waals surface area (Å²) in [6, 6.07) is 15.0. The van der Waals surface area contributed by atoms with Gasteiger partial charge in [-0.3, -0.25) is 5.43 Å². The molecule has 92 valence electrons. The highest BCUT2D eigenvalue weighted by atomic mass is 35.5. The van der Waals surface area contributed by atoms with E-state index >= 15 is 0 Å². The van der Waals surface area contributed by atoms with E-state index in [9.17, 15) is 0 Å². The first-order valence-corrected chi connectivity index (χ1v) is 5.84. The van der Waals surface area contributed by atoms with Gasteiger partial charge < -0.3 is 4.74 Å². The van der Waals surface area contributed by atoms with Gasteiger partial charge in [-0.15, -0.1) is 0 Å². The van der Waals surface area contributed by atoms with E-state index in [-0.39, 0.29) is 0 Å². The van der Waals surface area contributed by atoms with Gasteiger partial charge in [0.1, 0.15) is 5.75 Å². The lowest BCUT2D eigenvalue weighted by molar-refractivity contribution is 0.415. The Bertz CT molecular complexity index is 538. The van der Waals surface area contributed by atoms with Gasteiger partial charge in [0.2, 0.25) is 0 Å². The summed E-state index contributed by atoms with van der Waals surface area (Å²) >= 11 is 5.87. The number of benzene rings is 2. The SMILES string of the molecule is COc1ccc(/C=N\Nc2cccc(Cl)c2)cc1. The monoisotopic (exact) mass is 260 g/mol. The summed E-state index contributed by atoms with van der Waals surface area (Å²) in [5.74, 6) is 0.829. The van der Waals surface area contributed by atoms with Gasteiger partial charge in [0.25, 0.3) is 0 Å². The number of halogens is 1. The number of rotatable bonds is 4. The third kappa shape index (κ3) is 3.50. The second-order valence-corrected chi connectivity index (χ2v) is 4.09. The molecule has 0 bridgehead atoms. The van der Waals surface area contributed by atoms with Gasteiger partial charge in [-0.25, -0.2) is 0 Å². The molecular formula is C14H13ClN2O. The highest BCUT2D eigenvalue weighted by Gasteiger charge is 1.92. The van der Waals surface area contributed by atoms with Gasteiger partial charge in [0, 0.05) is 5.02 Å². The number of hydrazone groups is 1. The summed E-state index contributed by atoms with van der Waals surface area (Å²) in [6.07, 6.45) is 1.74. The molecule has 0 unspecified atom stereocenters. The fraction of sp³-hybridized carbons (Fsp3) is 0.0714. The maximum Gasteiger partial charge on any atom is 0.118 e. The highest BCUT2D eigenvalue weighted by Crippen LogP contribution is 2.15. The second kappa shape index (κ2) is 6.07. The number of hydrogen-bond acceptors (Lipinski definition) is 3. The molecule has 0 spiro atoms. The summed E-state index contributed by atoms with van der Waals surface area (Å²) < 4.78 is 5.08. The molecule has 0 atom stereocenters. The van der Waals surface area contributed by atoms with Gasteiger partial charge in [0.15, 0.2) is 0 Å². The number of methoxy groups -OCH3 is 1. The van der Waals surface area contributed by atoms with Crippen molar-refractivity contribution in [1.29, 1.82) is 0 Å². The third-order valence-corrected chi connectivity index (χ3v) is 2.58. The van der Waals surface area contributed by atoms with Crippen LogP contribution < -0.4 is 10.2 Å². The molecule has 0 saturated heterocycles. The van der Waals surface area contributed by atoms with Crippen molar-refractivity contribution in [3.05, 3.63) is 59.1 Å². The van der Waals surface area contributed by atoms with Crippen LogP contribution in [0.5, 0.6) is 5.75 Å². The largest absolute Gasteiger partial charge is 0.497 e. The molecular weight excluding hydrogens is 248 g/mol. The van der Waals surface area contributed by atoms with Crippen molar-refractivity contribution in [1.82, 2.24) is 0 Å². The molecule has 0 aliphatic carbocycles. The Kier molecular flexibility index (Phi) is 4.20.